The van der Waals surface area contributed by atoms with Crippen LogP contribution in [0.15, 0.2) is 12.7 Å². The number of anilines is 1. The molecule has 0 amide bonds. The van der Waals surface area contributed by atoms with Gasteiger partial charge in [0.05, 0.1) is 12.9 Å². The van der Waals surface area contributed by atoms with Crippen LogP contribution < -0.4 is 5.73 Å². The number of imidazole rings is 1. The summed E-state index contributed by atoms with van der Waals surface area (Å²) in [5, 5.41) is 28.7. The number of nitrogens with zero attached hydrogens (tertiary/aromatic N) is 4. The monoisotopic (exact) mass is 272 g/mol. The smallest absolute Gasteiger partial charge is 0.167 e. The Hall–Kier alpha value is -1.81. The van der Waals surface area contributed by atoms with E-state index in [1.165, 1.54) is 17.2 Å². The molecule has 0 aromatic carbocycles. The molecule has 3 rings (SSSR count). The predicted octanol–water partition coefficient (Wildman–Crippen LogP) is -1.98. The lowest BCUT2D eigenvalue weighted by Gasteiger charge is -2.16. The maximum Gasteiger partial charge on any atom is 0.167 e. The Labute approximate surface area is 107 Å². The highest BCUT2D eigenvalue weighted by molar-refractivity contribution is 5.81. The zero-order chi connectivity index (χ0) is 13.6. The topological polar surface area (TPSA) is 140 Å². The summed E-state index contributed by atoms with van der Waals surface area (Å²) < 4.78 is 6.85. The normalized spacial score (nSPS) is 31.1. The molecule has 1 saturated heterocycles. The van der Waals surface area contributed by atoms with Crippen molar-refractivity contribution in [2.75, 3.05) is 12.3 Å². The highest BCUT2D eigenvalue weighted by Crippen LogP contribution is 2.31. The van der Waals surface area contributed by atoms with Crippen LogP contribution in [0, 0.1) is 0 Å². The van der Waals surface area contributed by atoms with Crippen LogP contribution in [0.1, 0.15) is 6.23 Å². The average molecular weight is 272 g/mol. The van der Waals surface area contributed by atoms with E-state index in [0.29, 0.717) is 11.2 Å². The second-order valence-electron chi connectivity index (χ2n) is 4.31. The minimum atomic E-state index is -1.19. The van der Waals surface area contributed by atoms with Crippen molar-refractivity contribution in [3.63, 3.8) is 0 Å². The van der Waals surface area contributed by atoms with Crippen molar-refractivity contribution in [3.05, 3.63) is 12.7 Å². The second kappa shape index (κ2) is 4.38. The molecule has 0 radical (unpaired) electrons. The molecule has 1 fully saturated rings. The Morgan fingerprint density at radius 2 is 2.05 bits per heavy atom. The first-order valence-corrected chi connectivity index (χ1v) is 5.69. The van der Waals surface area contributed by atoms with Gasteiger partial charge in [-0.15, -0.1) is 0 Å². The summed E-state index contributed by atoms with van der Waals surface area (Å²) in [6.45, 7) is -0.390. The highest BCUT2D eigenvalue weighted by atomic mass is 16.8. The minimum Gasteiger partial charge on any atom is -0.394 e. The van der Waals surface area contributed by atoms with Gasteiger partial charge in [-0.2, -0.15) is 0 Å². The zero-order valence-electron chi connectivity index (χ0n) is 9.79. The number of aromatic nitrogens is 4. The number of ether oxygens (including phenoxy) is 1. The first-order valence-electron chi connectivity index (χ1n) is 5.69. The van der Waals surface area contributed by atoms with Gasteiger partial charge in [-0.3, -0.25) is 4.57 Å². The molecule has 3 heterocycles. The lowest BCUT2D eigenvalue weighted by Crippen LogP contribution is -2.33. The zero-order valence-corrected chi connectivity index (χ0v) is 9.79. The molecule has 0 aliphatic carbocycles. The standard InChI is InChI=1S/C10H13N5O4/c11-8-5-9(13-2-12-8)15(3-14-5)10-7(18)6(17)4(1-16)19-10/h2-4,6-7,10,16-18H,1H2,(H2,11,12,13)/t4-,6+,7+,10-/m1/s1/i1+1,4+1,6+1,7+1,10+1. The molecule has 0 saturated carbocycles. The molecule has 4 atom stereocenters. The predicted molar refractivity (Wildman–Crippen MR) is 62.7 cm³/mol. The van der Waals surface area contributed by atoms with Crippen LogP contribution in [0.25, 0.3) is 11.2 Å². The second-order valence-corrected chi connectivity index (χ2v) is 4.31. The average Bonchev–Trinajstić information content (AvgIpc) is 2.94. The van der Waals surface area contributed by atoms with Gasteiger partial charge in [0, 0.05) is 0 Å². The molecule has 1 aliphatic rings. The third kappa shape index (κ3) is 1.75. The minimum absolute atomic E-state index is 0.218. The number of hydrogen-bond donors (Lipinski definition) is 4. The van der Waals surface area contributed by atoms with Gasteiger partial charge in [-0.1, -0.05) is 0 Å². The van der Waals surface area contributed by atoms with Crippen LogP contribution in [-0.2, 0) is 4.74 Å². The first kappa shape index (κ1) is 12.2. The number of nitrogens with two attached hydrogens (primary N) is 1. The molecule has 0 unspecified atom stereocenters. The van der Waals surface area contributed by atoms with Crippen molar-refractivity contribution in [2.45, 2.75) is 24.5 Å². The molecule has 102 valence electrons. The Bertz CT molecular complexity index is 603. The van der Waals surface area contributed by atoms with Gasteiger partial charge in [0.1, 0.15) is 30.2 Å². The molecule has 5 N–H and O–H groups in total. The van der Waals surface area contributed by atoms with E-state index in [0.717, 1.165) is 0 Å². The lowest BCUT2D eigenvalue weighted by atomic mass is 10.5. The van der Waals surface area contributed by atoms with Gasteiger partial charge >= 0.3 is 0 Å². The van der Waals surface area contributed by atoms with Crippen molar-refractivity contribution in [3.8, 4) is 0 Å². The van der Waals surface area contributed by atoms with Crippen LogP contribution in [-0.4, -0.2) is 59.8 Å². The van der Waals surface area contributed by atoms with Crippen LogP contribution in [0.5, 0.6) is 0 Å². The van der Waals surface area contributed by atoms with E-state index >= 15 is 0 Å². The molecule has 9 nitrogen and oxygen atoms in total. The molecular formula is C10H13N5O4. The van der Waals surface area contributed by atoms with E-state index in [1.54, 1.807) is 0 Å². The molecule has 0 spiro atoms. The maximum atomic E-state index is 9.95. The number of aliphatic hydroxyl groups excluding tert-OH is 3. The van der Waals surface area contributed by atoms with E-state index in [2.05, 4.69) is 15.0 Å². The van der Waals surface area contributed by atoms with E-state index in [4.69, 9.17) is 15.6 Å². The van der Waals surface area contributed by atoms with Crippen molar-refractivity contribution >= 4 is 17.0 Å². The summed E-state index contributed by atoms with van der Waals surface area (Å²) in [4.78, 5) is 11.9. The lowest BCUT2D eigenvalue weighted by molar-refractivity contribution is -0.0511. The third-order valence-electron chi connectivity index (χ3n) is 3.18. The van der Waals surface area contributed by atoms with Crippen molar-refractivity contribution in [1.29, 1.82) is 0 Å². The molecule has 9 heteroatoms. The van der Waals surface area contributed by atoms with Gasteiger partial charge in [0.15, 0.2) is 17.7 Å². The molecular weight excluding hydrogens is 259 g/mol. The number of aliphatic hydroxyl groups is 3. The fraction of sp³-hybridized carbons (Fsp3) is 0.500. The number of nitrogen functional groups attached to an aromatic ring is 1. The third-order valence-corrected chi connectivity index (χ3v) is 3.18. The van der Waals surface area contributed by atoms with Gasteiger partial charge in [-0.05, 0) is 0 Å². The number of fused-ring (bicyclic) bond motifs is 1. The summed E-state index contributed by atoms with van der Waals surface area (Å²) in [5.41, 5.74) is 6.44. The fourth-order valence-corrected chi connectivity index (χ4v) is 2.17. The largest absolute Gasteiger partial charge is 0.394 e. The first-order chi connectivity index (χ1) is 9.13. The Balaban J connectivity index is 2.04. The van der Waals surface area contributed by atoms with Crippen LogP contribution in [0.4, 0.5) is 5.82 Å². The summed E-state index contributed by atoms with van der Waals surface area (Å²) in [6.07, 6.45) is -1.42. The van der Waals surface area contributed by atoms with Crippen LogP contribution in [0.3, 0.4) is 0 Å². The van der Waals surface area contributed by atoms with Gasteiger partial charge in [0.25, 0.3) is 0 Å². The van der Waals surface area contributed by atoms with Crippen LogP contribution >= 0.6 is 0 Å². The summed E-state index contributed by atoms with van der Waals surface area (Å²) >= 11 is 0. The quantitative estimate of drug-likeness (QED) is 0.461. The molecule has 2 aromatic rings. The molecule has 0 bridgehead atoms. The van der Waals surface area contributed by atoms with E-state index in [1.807, 2.05) is 0 Å². The van der Waals surface area contributed by atoms with E-state index in [-0.39, 0.29) is 5.82 Å². The highest BCUT2D eigenvalue weighted by Gasteiger charge is 2.43. The van der Waals surface area contributed by atoms with Gasteiger partial charge in [0.2, 0.25) is 0 Å². The van der Waals surface area contributed by atoms with Crippen molar-refractivity contribution in [1.82, 2.24) is 19.5 Å². The molecule has 19 heavy (non-hydrogen) atoms. The summed E-state index contributed by atoms with van der Waals surface area (Å²) in [7, 11) is 0. The molecule has 2 aromatic heterocycles. The van der Waals surface area contributed by atoms with Crippen molar-refractivity contribution < 1.29 is 20.1 Å². The molecule has 1 aliphatic heterocycles. The van der Waals surface area contributed by atoms with E-state index in [9.17, 15) is 10.2 Å². The van der Waals surface area contributed by atoms with Gasteiger partial charge < -0.3 is 25.8 Å². The Kier molecular flexibility index (Phi) is 2.82. The van der Waals surface area contributed by atoms with Crippen molar-refractivity contribution in [2.24, 2.45) is 0 Å². The fourth-order valence-electron chi connectivity index (χ4n) is 2.17. The van der Waals surface area contributed by atoms with Gasteiger partial charge in [-0.25, -0.2) is 15.0 Å². The maximum absolute atomic E-state index is 9.95. The SMILES string of the molecule is Nc1ncnc2c1ncn2[13C@@H]1O[13C@H]([13CH2]O)[13C@H](O)[13C@@H]1O. The number of rotatable bonds is 2. The van der Waals surface area contributed by atoms with E-state index < -0.39 is 31.1 Å². The van der Waals surface area contributed by atoms with Crippen LogP contribution in [0.2, 0.25) is 0 Å². The Morgan fingerprint density at radius 1 is 1.26 bits per heavy atom. The number of hydrogen-bond acceptors (Lipinski definition) is 8. The Morgan fingerprint density at radius 3 is 2.74 bits per heavy atom. The summed E-state index contributed by atoms with van der Waals surface area (Å²) in [5.74, 6) is 0.218. The summed E-state index contributed by atoms with van der Waals surface area (Å²) in [6, 6.07) is 0.